The second-order valence-electron chi connectivity index (χ2n) is 6.55. The van der Waals surface area contributed by atoms with Gasteiger partial charge in [-0.15, -0.1) is 11.3 Å². The normalized spacial score (nSPS) is 18.8. The fourth-order valence-corrected chi connectivity index (χ4v) is 3.89. The summed E-state index contributed by atoms with van der Waals surface area (Å²) in [5, 5.41) is 1.86. The monoisotopic (exact) mass is 379 g/mol. The molecule has 0 aromatic carbocycles. The van der Waals surface area contributed by atoms with Crippen LogP contribution in [-0.4, -0.2) is 91.3 Å². The molecule has 0 atom stereocenters. The van der Waals surface area contributed by atoms with Crippen LogP contribution in [0.2, 0.25) is 0 Å². The molecule has 2 saturated heterocycles. The first-order valence-electron chi connectivity index (χ1n) is 9.06. The molecule has 2 amide bonds. The SMILES string of the molecule is O=C(CCC(=O)N1CCN(C(=O)CN2CCOCC2)CC1)c1cccs1. The Bertz CT molecular complexity index is 620. The van der Waals surface area contributed by atoms with Crippen LogP contribution in [0.1, 0.15) is 22.5 Å². The molecule has 26 heavy (non-hydrogen) atoms. The Kier molecular flexibility index (Phi) is 6.76. The second-order valence-corrected chi connectivity index (χ2v) is 7.50. The number of ketones is 1. The number of piperazine rings is 1. The van der Waals surface area contributed by atoms with Crippen molar-refractivity contribution in [2.24, 2.45) is 0 Å². The Morgan fingerprint density at radius 2 is 1.58 bits per heavy atom. The molecule has 3 heterocycles. The lowest BCUT2D eigenvalue weighted by Crippen LogP contribution is -2.53. The number of amides is 2. The molecule has 0 radical (unpaired) electrons. The molecule has 2 aliphatic rings. The van der Waals surface area contributed by atoms with Gasteiger partial charge in [0.1, 0.15) is 0 Å². The van der Waals surface area contributed by atoms with Crippen LogP contribution in [-0.2, 0) is 14.3 Å². The molecule has 0 aliphatic carbocycles. The lowest BCUT2D eigenvalue weighted by Gasteiger charge is -2.36. The third kappa shape index (κ3) is 5.12. The maximum Gasteiger partial charge on any atom is 0.236 e. The van der Waals surface area contributed by atoms with Crippen molar-refractivity contribution in [2.45, 2.75) is 12.8 Å². The fourth-order valence-electron chi connectivity index (χ4n) is 3.19. The van der Waals surface area contributed by atoms with E-state index in [9.17, 15) is 14.4 Å². The minimum Gasteiger partial charge on any atom is -0.379 e. The van der Waals surface area contributed by atoms with Crippen LogP contribution < -0.4 is 0 Å². The van der Waals surface area contributed by atoms with Gasteiger partial charge in [0, 0.05) is 52.1 Å². The summed E-state index contributed by atoms with van der Waals surface area (Å²) in [6.45, 7) is 5.58. The van der Waals surface area contributed by atoms with Gasteiger partial charge in [0.05, 0.1) is 24.6 Å². The van der Waals surface area contributed by atoms with Crippen LogP contribution in [0.25, 0.3) is 0 Å². The first kappa shape index (κ1) is 19.0. The molecule has 0 unspecified atom stereocenters. The number of carbonyl (C=O) groups excluding carboxylic acids is 3. The number of Topliss-reactive ketones (excluding diaryl/α,β-unsaturated/α-hetero) is 1. The van der Waals surface area contributed by atoms with E-state index < -0.39 is 0 Å². The fraction of sp³-hybridized carbons (Fsp3) is 0.611. The van der Waals surface area contributed by atoms with E-state index in [1.54, 1.807) is 11.0 Å². The maximum absolute atomic E-state index is 12.4. The van der Waals surface area contributed by atoms with Crippen LogP contribution in [0, 0.1) is 0 Å². The molecule has 0 N–H and O–H groups in total. The van der Waals surface area contributed by atoms with Gasteiger partial charge in [0.15, 0.2) is 5.78 Å². The summed E-state index contributed by atoms with van der Waals surface area (Å²) < 4.78 is 5.30. The molecule has 0 bridgehead atoms. The zero-order valence-electron chi connectivity index (χ0n) is 14.9. The van der Waals surface area contributed by atoms with Crippen LogP contribution in [0.5, 0.6) is 0 Å². The number of nitrogens with zero attached hydrogens (tertiary/aromatic N) is 3. The maximum atomic E-state index is 12.4. The Hall–Kier alpha value is -1.77. The van der Waals surface area contributed by atoms with E-state index in [-0.39, 0.29) is 30.4 Å². The van der Waals surface area contributed by atoms with Crippen LogP contribution in [0.15, 0.2) is 17.5 Å². The molecule has 3 rings (SSSR count). The van der Waals surface area contributed by atoms with E-state index in [1.807, 2.05) is 16.3 Å². The molecule has 1 aromatic rings. The second kappa shape index (κ2) is 9.25. The van der Waals surface area contributed by atoms with Crippen LogP contribution in [0.3, 0.4) is 0 Å². The molecule has 7 nitrogen and oxygen atoms in total. The van der Waals surface area contributed by atoms with Crippen molar-refractivity contribution < 1.29 is 19.1 Å². The zero-order chi connectivity index (χ0) is 18.4. The summed E-state index contributed by atoms with van der Waals surface area (Å²) in [5.74, 6) is 0.134. The summed E-state index contributed by atoms with van der Waals surface area (Å²) in [5.41, 5.74) is 0. The molecular weight excluding hydrogens is 354 g/mol. The lowest BCUT2D eigenvalue weighted by atomic mass is 10.1. The highest BCUT2D eigenvalue weighted by atomic mass is 32.1. The van der Waals surface area contributed by atoms with Gasteiger partial charge in [0.2, 0.25) is 11.8 Å². The number of thiophene rings is 1. The van der Waals surface area contributed by atoms with Crippen molar-refractivity contribution in [1.82, 2.24) is 14.7 Å². The Labute approximate surface area is 157 Å². The van der Waals surface area contributed by atoms with Crippen molar-refractivity contribution in [3.8, 4) is 0 Å². The molecule has 8 heteroatoms. The smallest absolute Gasteiger partial charge is 0.236 e. The number of hydrogen-bond donors (Lipinski definition) is 0. The quantitative estimate of drug-likeness (QED) is 0.681. The first-order valence-corrected chi connectivity index (χ1v) is 9.94. The number of rotatable bonds is 6. The minimum atomic E-state index is -0.00446. The van der Waals surface area contributed by atoms with E-state index in [0.29, 0.717) is 50.8 Å². The largest absolute Gasteiger partial charge is 0.379 e. The van der Waals surface area contributed by atoms with E-state index in [4.69, 9.17) is 4.74 Å². The summed E-state index contributed by atoms with van der Waals surface area (Å²) in [4.78, 5) is 43.1. The third-order valence-electron chi connectivity index (χ3n) is 4.81. The Morgan fingerprint density at radius 1 is 0.923 bits per heavy atom. The molecule has 142 valence electrons. The van der Waals surface area contributed by atoms with Crippen molar-refractivity contribution in [2.75, 3.05) is 59.0 Å². The summed E-state index contributed by atoms with van der Waals surface area (Å²) in [6.07, 6.45) is 0.480. The van der Waals surface area contributed by atoms with Crippen molar-refractivity contribution in [1.29, 1.82) is 0 Å². The highest BCUT2D eigenvalue weighted by Gasteiger charge is 2.25. The standard InChI is InChI=1S/C18H25N3O4S/c22-15(16-2-1-13-26-16)3-4-17(23)20-5-7-21(8-6-20)18(24)14-19-9-11-25-12-10-19/h1-2,13H,3-12,14H2. The highest BCUT2D eigenvalue weighted by Crippen LogP contribution is 2.13. The number of ether oxygens (including phenoxy) is 1. The number of hydrogen-bond acceptors (Lipinski definition) is 6. The predicted octanol–water partition coefficient (Wildman–Crippen LogP) is 0.714. The molecule has 2 fully saturated rings. The van der Waals surface area contributed by atoms with Gasteiger partial charge in [0.25, 0.3) is 0 Å². The van der Waals surface area contributed by atoms with Crippen molar-refractivity contribution in [3.05, 3.63) is 22.4 Å². The predicted molar refractivity (Wildman–Crippen MR) is 98.3 cm³/mol. The average molecular weight is 379 g/mol. The molecular formula is C18H25N3O4S. The Balaban J connectivity index is 1.37. The van der Waals surface area contributed by atoms with E-state index in [1.165, 1.54) is 11.3 Å². The van der Waals surface area contributed by atoms with Gasteiger partial charge < -0.3 is 14.5 Å². The first-order chi connectivity index (χ1) is 12.6. The average Bonchev–Trinajstić information content (AvgIpc) is 3.21. The minimum absolute atomic E-state index is 0.00446. The third-order valence-corrected chi connectivity index (χ3v) is 5.72. The zero-order valence-corrected chi connectivity index (χ0v) is 15.7. The van der Waals surface area contributed by atoms with Gasteiger partial charge in [-0.2, -0.15) is 0 Å². The number of morpholine rings is 1. The lowest BCUT2D eigenvalue weighted by molar-refractivity contribution is -0.140. The van der Waals surface area contributed by atoms with E-state index in [2.05, 4.69) is 4.90 Å². The highest BCUT2D eigenvalue weighted by molar-refractivity contribution is 7.12. The van der Waals surface area contributed by atoms with Gasteiger partial charge in [-0.1, -0.05) is 6.07 Å². The van der Waals surface area contributed by atoms with E-state index in [0.717, 1.165) is 13.1 Å². The van der Waals surface area contributed by atoms with Crippen LogP contribution >= 0.6 is 11.3 Å². The molecule has 2 aliphatic heterocycles. The topological polar surface area (TPSA) is 70.2 Å². The summed E-state index contributed by atoms with van der Waals surface area (Å²) in [6, 6.07) is 3.63. The summed E-state index contributed by atoms with van der Waals surface area (Å²) >= 11 is 1.41. The van der Waals surface area contributed by atoms with Crippen molar-refractivity contribution >= 4 is 28.9 Å². The Morgan fingerprint density at radius 3 is 2.19 bits per heavy atom. The van der Waals surface area contributed by atoms with Crippen molar-refractivity contribution in [3.63, 3.8) is 0 Å². The molecule has 0 saturated carbocycles. The molecule has 0 spiro atoms. The van der Waals surface area contributed by atoms with Crippen LogP contribution in [0.4, 0.5) is 0 Å². The van der Waals surface area contributed by atoms with Gasteiger partial charge >= 0.3 is 0 Å². The van der Waals surface area contributed by atoms with Gasteiger partial charge in [-0.05, 0) is 11.4 Å². The van der Waals surface area contributed by atoms with Gasteiger partial charge in [-0.25, -0.2) is 0 Å². The number of carbonyl (C=O) groups is 3. The van der Waals surface area contributed by atoms with Gasteiger partial charge in [-0.3, -0.25) is 19.3 Å². The summed E-state index contributed by atoms with van der Waals surface area (Å²) in [7, 11) is 0. The van der Waals surface area contributed by atoms with E-state index >= 15 is 0 Å². The molecule has 1 aromatic heterocycles.